The van der Waals surface area contributed by atoms with Crippen molar-refractivity contribution in [1.82, 2.24) is 4.72 Å². The third-order valence-electron chi connectivity index (χ3n) is 5.19. The van der Waals surface area contributed by atoms with Crippen LogP contribution >= 0.6 is 0 Å². The van der Waals surface area contributed by atoms with Crippen LogP contribution in [-0.4, -0.2) is 135 Å². The van der Waals surface area contributed by atoms with E-state index in [2.05, 4.69) is 8.37 Å². The van der Waals surface area contributed by atoms with Crippen molar-refractivity contribution in [3.8, 4) is 0 Å². The van der Waals surface area contributed by atoms with E-state index >= 15 is 0 Å². The van der Waals surface area contributed by atoms with Gasteiger partial charge in [0.15, 0.2) is 18.5 Å². The Morgan fingerprint density at radius 3 is 1.97 bits per heavy atom. The van der Waals surface area contributed by atoms with Gasteiger partial charge < -0.3 is 34.3 Å². The molecular weight excluding hydrogens is 582 g/mol. The lowest BCUT2D eigenvalue weighted by Crippen LogP contribution is -2.67. The SMILES string of the molecule is CO[C@@H]1C(C(=O)O)O[C@@H](O[C@@H]2C(COS(=O)(=O)O)O[C@@H](C)C(NS(=O)(=O)O)[C@H]2O)C(OS(=O)(=O)O)[C@H]1O. The number of ether oxygens (including phenoxy) is 4. The fourth-order valence-electron chi connectivity index (χ4n) is 3.73. The molecule has 7 N–H and O–H groups in total. The Morgan fingerprint density at radius 2 is 1.51 bits per heavy atom. The topological polar surface area (TPSA) is 308 Å². The third kappa shape index (κ3) is 8.94. The molecular formula is C14H25NO19S3. The zero-order valence-electron chi connectivity index (χ0n) is 18.7. The predicted molar refractivity (Wildman–Crippen MR) is 111 cm³/mol. The largest absolute Gasteiger partial charge is 0.479 e. The van der Waals surface area contributed by atoms with Crippen molar-refractivity contribution in [2.45, 2.75) is 68.1 Å². The van der Waals surface area contributed by atoms with E-state index in [1.54, 1.807) is 4.72 Å². The van der Waals surface area contributed by atoms with Gasteiger partial charge in [0.25, 0.3) is 0 Å². The molecule has 0 amide bonds. The maximum atomic E-state index is 11.6. The molecule has 10 atom stereocenters. The van der Waals surface area contributed by atoms with E-state index in [9.17, 15) is 45.4 Å². The molecule has 2 aliphatic heterocycles. The minimum Gasteiger partial charge on any atom is -0.479 e. The molecule has 2 rings (SSSR count). The average molecular weight is 608 g/mol. The molecule has 2 heterocycles. The minimum absolute atomic E-state index is 0.924. The molecule has 0 aliphatic carbocycles. The lowest BCUT2D eigenvalue weighted by Gasteiger charge is -2.47. The monoisotopic (exact) mass is 607 g/mol. The van der Waals surface area contributed by atoms with Gasteiger partial charge in [0.2, 0.25) is 0 Å². The van der Waals surface area contributed by atoms with Crippen LogP contribution in [0.3, 0.4) is 0 Å². The molecule has 0 aromatic carbocycles. The van der Waals surface area contributed by atoms with Gasteiger partial charge in [-0.25, -0.2) is 13.2 Å². The third-order valence-corrected chi connectivity index (χ3v) is 6.66. The summed E-state index contributed by atoms with van der Waals surface area (Å²) in [6.45, 7) is 0.0587. The Kier molecular flexibility index (Phi) is 10.3. The number of carbonyl (C=O) groups is 1. The summed E-state index contributed by atoms with van der Waals surface area (Å²) < 4.78 is 125. The highest BCUT2D eigenvalue weighted by Gasteiger charge is 2.54. The Hall–Kier alpha value is -1.16. The van der Waals surface area contributed by atoms with Crippen molar-refractivity contribution in [2.24, 2.45) is 0 Å². The molecule has 0 aromatic rings. The van der Waals surface area contributed by atoms with E-state index in [1.165, 1.54) is 0 Å². The molecule has 0 spiro atoms. The molecule has 0 bridgehead atoms. The molecule has 23 heteroatoms. The van der Waals surface area contributed by atoms with Gasteiger partial charge in [-0.1, -0.05) is 0 Å². The van der Waals surface area contributed by atoms with Gasteiger partial charge in [0.1, 0.15) is 30.5 Å². The lowest BCUT2D eigenvalue weighted by molar-refractivity contribution is -0.327. The summed E-state index contributed by atoms with van der Waals surface area (Å²) in [5.74, 6) is -1.75. The van der Waals surface area contributed by atoms with Crippen molar-refractivity contribution < 1.29 is 86.3 Å². The highest BCUT2D eigenvalue weighted by Crippen LogP contribution is 2.32. The second-order valence-electron chi connectivity index (χ2n) is 7.74. The number of rotatable bonds is 11. The van der Waals surface area contributed by atoms with Gasteiger partial charge in [-0.2, -0.15) is 30.0 Å². The van der Waals surface area contributed by atoms with Crippen molar-refractivity contribution >= 4 is 37.1 Å². The standard InChI is InChI=1S/C14H25NO19S3/c1-4-6(15-35(20,21)22)7(16)9(5(31-4)3-30-36(23,24)25)32-14-11(34-37(26,27)28)8(17)10(29-2)12(33-14)13(18)19/h4-12,14-17H,3H2,1-2H3,(H,18,19)(H,20,21,22)(H,23,24,25)(H,26,27,28)/t4-,5?,6?,7+,8-,9+,10-,11?,12?,14+/m0/s1. The summed E-state index contributed by atoms with van der Waals surface area (Å²) in [5, 5.41) is 30.7. The fraction of sp³-hybridized carbons (Fsp3) is 0.929. The molecule has 0 radical (unpaired) electrons. The van der Waals surface area contributed by atoms with Gasteiger partial charge in [0, 0.05) is 7.11 Å². The van der Waals surface area contributed by atoms with Crippen LogP contribution in [0, 0.1) is 0 Å². The first-order valence-electron chi connectivity index (χ1n) is 9.84. The first-order chi connectivity index (χ1) is 16.7. The van der Waals surface area contributed by atoms with Crippen LogP contribution in [0.4, 0.5) is 0 Å². The molecule has 0 saturated carbocycles. The number of aliphatic hydroxyl groups is 2. The summed E-state index contributed by atoms with van der Waals surface area (Å²) in [6, 6.07) is -1.72. The second-order valence-corrected chi connectivity index (χ2v) is 11.1. The number of methoxy groups -OCH3 is 1. The number of nitrogens with one attached hydrogen (secondary N) is 1. The van der Waals surface area contributed by atoms with Gasteiger partial charge in [-0.3, -0.25) is 13.7 Å². The second kappa shape index (κ2) is 11.9. The van der Waals surface area contributed by atoms with Crippen molar-refractivity contribution in [3.63, 3.8) is 0 Å². The Bertz CT molecular complexity index is 1120. The summed E-state index contributed by atoms with van der Waals surface area (Å²) in [6.07, 6.45) is -17.8. The fourth-order valence-corrected chi connectivity index (χ4v) is 5.19. The average Bonchev–Trinajstić information content (AvgIpc) is 2.71. The molecule has 0 aromatic heterocycles. The van der Waals surface area contributed by atoms with E-state index < -0.39 is 105 Å². The van der Waals surface area contributed by atoms with Crippen LogP contribution in [-0.2, 0) is 63.2 Å². The van der Waals surface area contributed by atoms with Crippen LogP contribution in [0.25, 0.3) is 0 Å². The highest BCUT2D eigenvalue weighted by atomic mass is 32.3. The summed E-state index contributed by atoms with van der Waals surface area (Å²) >= 11 is 0. The molecule has 218 valence electrons. The Morgan fingerprint density at radius 1 is 0.919 bits per heavy atom. The maximum Gasteiger partial charge on any atom is 0.397 e. The first-order valence-corrected chi connectivity index (χ1v) is 14.0. The van der Waals surface area contributed by atoms with E-state index in [0.29, 0.717) is 0 Å². The van der Waals surface area contributed by atoms with Crippen LogP contribution in [0.2, 0.25) is 0 Å². The highest BCUT2D eigenvalue weighted by molar-refractivity contribution is 7.83. The zero-order valence-corrected chi connectivity index (χ0v) is 21.1. The number of aliphatic hydroxyl groups excluding tert-OH is 2. The molecule has 37 heavy (non-hydrogen) atoms. The number of hydrogen-bond donors (Lipinski definition) is 7. The molecule has 2 saturated heterocycles. The van der Waals surface area contributed by atoms with E-state index in [4.69, 9.17) is 32.6 Å². The Labute approximate surface area is 210 Å². The lowest BCUT2D eigenvalue weighted by atomic mass is 9.93. The van der Waals surface area contributed by atoms with Crippen LogP contribution in [0.1, 0.15) is 6.92 Å². The van der Waals surface area contributed by atoms with Crippen molar-refractivity contribution in [3.05, 3.63) is 0 Å². The van der Waals surface area contributed by atoms with E-state index in [-0.39, 0.29) is 0 Å². The zero-order chi connectivity index (χ0) is 28.5. The van der Waals surface area contributed by atoms with Gasteiger partial charge >= 0.3 is 37.1 Å². The predicted octanol–water partition coefficient (Wildman–Crippen LogP) is -4.53. The number of carboxylic acids is 1. The number of carboxylic acid groups (broad SMARTS) is 1. The molecule has 4 unspecified atom stereocenters. The van der Waals surface area contributed by atoms with Crippen molar-refractivity contribution in [1.29, 1.82) is 0 Å². The summed E-state index contributed by atoms with van der Waals surface area (Å²) in [7, 11) is -14.5. The Balaban J connectivity index is 2.49. The molecule has 2 fully saturated rings. The van der Waals surface area contributed by atoms with E-state index in [0.717, 1.165) is 14.0 Å². The van der Waals surface area contributed by atoms with E-state index in [1.807, 2.05) is 0 Å². The van der Waals surface area contributed by atoms with Crippen LogP contribution in [0.5, 0.6) is 0 Å². The maximum absolute atomic E-state index is 11.6. The number of hydrogen-bond acceptors (Lipinski definition) is 15. The first kappa shape index (κ1) is 32.1. The quantitative estimate of drug-likeness (QED) is 0.109. The van der Waals surface area contributed by atoms with Gasteiger partial charge in [0.05, 0.1) is 18.8 Å². The summed E-state index contributed by atoms with van der Waals surface area (Å²) in [4.78, 5) is 11.6. The smallest absolute Gasteiger partial charge is 0.397 e. The summed E-state index contributed by atoms with van der Waals surface area (Å²) in [5.41, 5.74) is 0. The molecule has 2 aliphatic rings. The normalized spacial score (nSPS) is 37.8. The van der Waals surface area contributed by atoms with Gasteiger partial charge in [-0.05, 0) is 6.92 Å². The minimum atomic E-state index is -5.38. The van der Waals surface area contributed by atoms with Crippen LogP contribution in [0.15, 0.2) is 0 Å². The van der Waals surface area contributed by atoms with Crippen molar-refractivity contribution in [2.75, 3.05) is 13.7 Å². The molecule has 20 nitrogen and oxygen atoms in total. The van der Waals surface area contributed by atoms with Gasteiger partial charge in [-0.15, -0.1) is 0 Å². The van der Waals surface area contributed by atoms with Crippen LogP contribution < -0.4 is 4.72 Å². The number of aliphatic carboxylic acids is 1.